The van der Waals surface area contributed by atoms with Crippen molar-refractivity contribution in [1.82, 2.24) is 4.90 Å². The van der Waals surface area contributed by atoms with Crippen LogP contribution in [0.5, 0.6) is 5.75 Å². The Hall–Kier alpha value is -1.39. The van der Waals surface area contributed by atoms with Crippen molar-refractivity contribution in [3.05, 3.63) is 29.8 Å². The van der Waals surface area contributed by atoms with E-state index in [1.807, 2.05) is 18.2 Å². The summed E-state index contributed by atoms with van der Waals surface area (Å²) in [6.45, 7) is 4.30. The number of aliphatic hydroxyl groups is 1. The number of ether oxygens (including phenoxy) is 1. The summed E-state index contributed by atoms with van der Waals surface area (Å²) in [7, 11) is 0. The minimum atomic E-state index is -0.181. The molecule has 0 amide bonds. The van der Waals surface area contributed by atoms with Crippen molar-refractivity contribution in [2.24, 2.45) is 0 Å². The first kappa shape index (κ1) is 12.1. The maximum Gasteiger partial charge on any atom is 0.163 e. The second-order valence-corrected chi connectivity index (χ2v) is 4.31. The molecule has 0 radical (unpaired) electrons. The van der Waals surface area contributed by atoms with Gasteiger partial charge in [-0.05, 0) is 19.1 Å². The number of carbonyl (C=O) groups is 1. The number of β-amino-alcohol motifs (C(OH)–C–C–N with tert-alkyl or cyclic N) is 1. The summed E-state index contributed by atoms with van der Waals surface area (Å²) in [5.41, 5.74) is 0.621. The lowest BCUT2D eigenvalue weighted by Gasteiger charge is -2.35. The first-order valence-electron chi connectivity index (χ1n) is 5.80. The van der Waals surface area contributed by atoms with Gasteiger partial charge >= 0.3 is 0 Å². The van der Waals surface area contributed by atoms with Gasteiger partial charge in [0.25, 0.3) is 0 Å². The van der Waals surface area contributed by atoms with Crippen LogP contribution in [0.1, 0.15) is 17.3 Å². The van der Waals surface area contributed by atoms with Gasteiger partial charge in [-0.25, -0.2) is 0 Å². The Labute approximate surface area is 101 Å². The molecule has 1 N–H and O–H groups in total. The van der Waals surface area contributed by atoms with Crippen LogP contribution in [-0.2, 0) is 0 Å². The highest BCUT2D eigenvalue weighted by Crippen LogP contribution is 2.18. The number of hydrogen-bond acceptors (Lipinski definition) is 4. The molecule has 0 aliphatic carbocycles. The van der Waals surface area contributed by atoms with Crippen molar-refractivity contribution >= 4 is 5.78 Å². The monoisotopic (exact) mass is 235 g/mol. The van der Waals surface area contributed by atoms with E-state index >= 15 is 0 Å². The largest absolute Gasteiger partial charge is 0.491 e. The van der Waals surface area contributed by atoms with Crippen LogP contribution in [0.15, 0.2) is 24.3 Å². The van der Waals surface area contributed by atoms with E-state index in [9.17, 15) is 4.79 Å². The lowest BCUT2D eigenvalue weighted by Crippen LogP contribution is -2.51. The van der Waals surface area contributed by atoms with Gasteiger partial charge in [0.1, 0.15) is 12.4 Å². The molecule has 17 heavy (non-hydrogen) atoms. The van der Waals surface area contributed by atoms with Crippen LogP contribution >= 0.6 is 0 Å². The highest BCUT2D eigenvalue weighted by atomic mass is 16.5. The van der Waals surface area contributed by atoms with E-state index in [-0.39, 0.29) is 11.9 Å². The van der Waals surface area contributed by atoms with E-state index in [1.54, 1.807) is 6.07 Å². The summed E-state index contributed by atoms with van der Waals surface area (Å²) >= 11 is 0. The van der Waals surface area contributed by atoms with Crippen molar-refractivity contribution in [1.29, 1.82) is 0 Å². The number of benzene rings is 1. The molecule has 0 unspecified atom stereocenters. The molecular weight excluding hydrogens is 218 g/mol. The van der Waals surface area contributed by atoms with E-state index < -0.39 is 0 Å². The average Bonchev–Trinajstić information content (AvgIpc) is 2.27. The van der Waals surface area contributed by atoms with E-state index in [0.29, 0.717) is 17.9 Å². The molecule has 2 rings (SSSR count). The molecule has 1 aromatic carbocycles. The van der Waals surface area contributed by atoms with Gasteiger partial charge in [-0.1, -0.05) is 12.1 Å². The normalized spacial score (nSPS) is 16.6. The topological polar surface area (TPSA) is 49.8 Å². The summed E-state index contributed by atoms with van der Waals surface area (Å²) < 4.78 is 5.60. The Bertz CT molecular complexity index is 399. The molecule has 0 bridgehead atoms. The first-order valence-corrected chi connectivity index (χ1v) is 5.80. The fourth-order valence-corrected chi connectivity index (χ4v) is 1.89. The minimum absolute atomic E-state index is 0.0139. The number of aliphatic hydroxyl groups excluding tert-OH is 1. The van der Waals surface area contributed by atoms with E-state index in [4.69, 9.17) is 9.84 Å². The van der Waals surface area contributed by atoms with Crippen LogP contribution in [0.25, 0.3) is 0 Å². The van der Waals surface area contributed by atoms with Gasteiger partial charge < -0.3 is 9.84 Å². The Kier molecular flexibility index (Phi) is 3.76. The number of rotatable bonds is 5. The summed E-state index contributed by atoms with van der Waals surface area (Å²) in [6, 6.07) is 7.26. The Morgan fingerprint density at radius 1 is 1.47 bits per heavy atom. The number of hydrogen-bond donors (Lipinski definition) is 1. The van der Waals surface area contributed by atoms with Crippen LogP contribution in [-0.4, -0.2) is 48.1 Å². The third-order valence-corrected chi connectivity index (χ3v) is 2.87. The van der Waals surface area contributed by atoms with Crippen molar-refractivity contribution in [3.8, 4) is 5.75 Å². The van der Waals surface area contributed by atoms with E-state index in [2.05, 4.69) is 4.90 Å². The van der Waals surface area contributed by atoms with Crippen LogP contribution in [0, 0.1) is 0 Å². The number of likely N-dealkylation sites (tertiary alicyclic amines) is 1. The maximum absolute atomic E-state index is 11.4. The maximum atomic E-state index is 11.4. The number of carbonyl (C=O) groups excluding carboxylic acids is 1. The molecule has 0 saturated carbocycles. The number of Topliss-reactive ketones (excluding diaryl/α,β-unsaturated/α-hetero) is 1. The van der Waals surface area contributed by atoms with Crippen molar-refractivity contribution < 1.29 is 14.6 Å². The summed E-state index contributed by atoms with van der Waals surface area (Å²) in [5.74, 6) is 0.654. The smallest absolute Gasteiger partial charge is 0.163 e. The van der Waals surface area contributed by atoms with Crippen LogP contribution in [0.4, 0.5) is 0 Å². The van der Waals surface area contributed by atoms with Crippen LogP contribution < -0.4 is 4.74 Å². The molecule has 0 spiro atoms. The highest BCUT2D eigenvalue weighted by Gasteiger charge is 2.23. The van der Waals surface area contributed by atoms with Crippen molar-refractivity contribution in [3.63, 3.8) is 0 Å². The van der Waals surface area contributed by atoms with Gasteiger partial charge in [0, 0.05) is 19.6 Å². The third-order valence-electron chi connectivity index (χ3n) is 2.87. The molecule has 1 heterocycles. The van der Waals surface area contributed by atoms with Gasteiger partial charge in [0.15, 0.2) is 5.78 Å². The van der Waals surface area contributed by atoms with Gasteiger partial charge in [-0.3, -0.25) is 9.69 Å². The zero-order valence-corrected chi connectivity index (χ0v) is 9.93. The van der Waals surface area contributed by atoms with Crippen molar-refractivity contribution in [2.75, 3.05) is 26.2 Å². The summed E-state index contributed by atoms with van der Waals surface area (Å²) in [4.78, 5) is 13.5. The zero-order chi connectivity index (χ0) is 12.3. The van der Waals surface area contributed by atoms with Gasteiger partial charge in [-0.2, -0.15) is 0 Å². The Balaban J connectivity index is 1.84. The molecule has 1 aliphatic heterocycles. The average molecular weight is 235 g/mol. The molecule has 0 atom stereocenters. The van der Waals surface area contributed by atoms with E-state index in [0.717, 1.165) is 19.6 Å². The predicted octanol–water partition coefficient (Wildman–Crippen LogP) is 0.944. The Morgan fingerprint density at radius 2 is 2.18 bits per heavy atom. The molecule has 0 aromatic heterocycles. The minimum Gasteiger partial charge on any atom is -0.491 e. The lowest BCUT2D eigenvalue weighted by atomic mass is 10.1. The Morgan fingerprint density at radius 3 is 2.82 bits per heavy atom. The molecule has 4 heteroatoms. The quantitative estimate of drug-likeness (QED) is 0.772. The molecule has 4 nitrogen and oxygen atoms in total. The molecule has 1 saturated heterocycles. The van der Waals surface area contributed by atoms with Crippen molar-refractivity contribution in [2.45, 2.75) is 13.0 Å². The molecule has 1 aromatic rings. The molecular formula is C13H17NO3. The fraction of sp³-hybridized carbons (Fsp3) is 0.462. The first-order chi connectivity index (χ1) is 8.16. The van der Waals surface area contributed by atoms with Crippen LogP contribution in [0.3, 0.4) is 0 Å². The zero-order valence-electron chi connectivity index (χ0n) is 9.93. The number of para-hydroxylation sites is 1. The summed E-state index contributed by atoms with van der Waals surface area (Å²) in [6.07, 6.45) is -0.181. The molecule has 1 aliphatic rings. The van der Waals surface area contributed by atoms with Gasteiger partial charge in [0.05, 0.1) is 11.7 Å². The molecule has 92 valence electrons. The number of nitrogens with zero attached hydrogens (tertiary/aromatic N) is 1. The number of ketones is 1. The standard InChI is InChI=1S/C13H17NO3/c1-10(15)12-4-2-3-5-13(12)17-7-6-14-8-11(16)9-14/h2-5,11,16H,6-9H2,1H3. The van der Waals surface area contributed by atoms with Crippen LogP contribution in [0.2, 0.25) is 0 Å². The second kappa shape index (κ2) is 5.29. The van der Waals surface area contributed by atoms with Gasteiger partial charge in [0.2, 0.25) is 0 Å². The second-order valence-electron chi connectivity index (χ2n) is 4.31. The lowest BCUT2D eigenvalue weighted by molar-refractivity contribution is -0.00389. The van der Waals surface area contributed by atoms with E-state index in [1.165, 1.54) is 6.92 Å². The van der Waals surface area contributed by atoms with Gasteiger partial charge in [-0.15, -0.1) is 0 Å². The predicted molar refractivity (Wildman–Crippen MR) is 64.4 cm³/mol. The third kappa shape index (κ3) is 3.05. The SMILES string of the molecule is CC(=O)c1ccccc1OCCN1CC(O)C1. The molecule has 1 fully saturated rings. The summed E-state index contributed by atoms with van der Waals surface area (Å²) in [5, 5.41) is 9.12. The highest BCUT2D eigenvalue weighted by molar-refractivity contribution is 5.96. The fourth-order valence-electron chi connectivity index (χ4n) is 1.89.